The summed E-state index contributed by atoms with van der Waals surface area (Å²) in [6.45, 7) is 2.25. The second-order valence-electron chi connectivity index (χ2n) is 3.25. The fourth-order valence-electron chi connectivity index (χ4n) is 1.54. The molecule has 0 aliphatic heterocycles. The summed E-state index contributed by atoms with van der Waals surface area (Å²) in [5, 5.41) is 10.4. The Morgan fingerprint density at radius 3 is 2.79 bits per heavy atom. The molecule has 0 aliphatic rings. The van der Waals surface area contributed by atoms with Crippen LogP contribution in [0.2, 0.25) is 0 Å². The van der Waals surface area contributed by atoms with E-state index in [-0.39, 0.29) is 6.61 Å². The Morgan fingerprint density at radius 2 is 2.14 bits per heavy atom. The Bertz CT molecular complexity index is 460. The van der Waals surface area contributed by atoms with Gasteiger partial charge in [-0.2, -0.15) is 0 Å². The molecule has 0 bridgehead atoms. The number of hydrogen-bond donors (Lipinski definition) is 1. The molecule has 0 fully saturated rings. The average molecular weight is 224 g/mol. The van der Waals surface area contributed by atoms with Crippen molar-refractivity contribution >= 4 is 33.2 Å². The molecule has 0 aliphatic carbocycles. The summed E-state index contributed by atoms with van der Waals surface area (Å²) in [7, 11) is 0. The molecule has 1 N–H and O–H groups in total. The highest BCUT2D eigenvalue weighted by Crippen LogP contribution is 2.33. The van der Waals surface area contributed by atoms with Crippen LogP contribution < -0.4 is 0 Å². The standard InChI is InChI=1S/C11H12OS2/c1-7-3-10(13-2)9-5-8(6-12)14-11(9)4-7/h3-5,12H,6H2,1-2H3. The summed E-state index contributed by atoms with van der Waals surface area (Å²) < 4.78 is 1.28. The number of benzene rings is 1. The van der Waals surface area contributed by atoms with Crippen molar-refractivity contribution in [1.82, 2.24) is 0 Å². The van der Waals surface area contributed by atoms with Gasteiger partial charge in [-0.15, -0.1) is 23.1 Å². The zero-order chi connectivity index (χ0) is 10.1. The fraction of sp³-hybridized carbons (Fsp3) is 0.273. The number of thiophene rings is 1. The van der Waals surface area contributed by atoms with Crippen molar-refractivity contribution in [3.05, 3.63) is 28.6 Å². The molecule has 0 atom stereocenters. The van der Waals surface area contributed by atoms with E-state index in [4.69, 9.17) is 5.11 Å². The van der Waals surface area contributed by atoms with Gasteiger partial charge in [-0.25, -0.2) is 0 Å². The van der Waals surface area contributed by atoms with E-state index in [1.54, 1.807) is 23.1 Å². The van der Waals surface area contributed by atoms with Crippen molar-refractivity contribution in [2.75, 3.05) is 6.26 Å². The second kappa shape index (κ2) is 3.93. The Labute approximate surface area is 91.8 Å². The van der Waals surface area contributed by atoms with E-state index in [1.807, 2.05) is 0 Å². The van der Waals surface area contributed by atoms with Gasteiger partial charge in [0.25, 0.3) is 0 Å². The Morgan fingerprint density at radius 1 is 1.36 bits per heavy atom. The lowest BCUT2D eigenvalue weighted by Gasteiger charge is -2.00. The molecule has 2 rings (SSSR count). The van der Waals surface area contributed by atoms with Crippen molar-refractivity contribution in [1.29, 1.82) is 0 Å². The number of hydrogen-bond acceptors (Lipinski definition) is 3. The van der Waals surface area contributed by atoms with Crippen LogP contribution in [0.5, 0.6) is 0 Å². The molecule has 1 aromatic heterocycles. The molecule has 1 aromatic carbocycles. The van der Waals surface area contributed by atoms with Crippen LogP contribution in [-0.4, -0.2) is 11.4 Å². The maximum absolute atomic E-state index is 9.08. The third-order valence-electron chi connectivity index (χ3n) is 2.17. The van der Waals surface area contributed by atoms with Gasteiger partial charge in [-0.3, -0.25) is 0 Å². The summed E-state index contributed by atoms with van der Waals surface area (Å²) in [4.78, 5) is 2.34. The summed E-state index contributed by atoms with van der Waals surface area (Å²) in [6, 6.07) is 6.46. The molecule has 0 saturated heterocycles. The first-order chi connectivity index (χ1) is 6.74. The van der Waals surface area contributed by atoms with Gasteiger partial charge in [-0.05, 0) is 36.9 Å². The van der Waals surface area contributed by atoms with Gasteiger partial charge in [-0.1, -0.05) is 0 Å². The molecule has 0 unspecified atom stereocenters. The summed E-state index contributed by atoms with van der Waals surface area (Å²) in [6.07, 6.45) is 2.09. The normalized spacial score (nSPS) is 11.1. The lowest BCUT2D eigenvalue weighted by Crippen LogP contribution is -1.75. The minimum Gasteiger partial charge on any atom is -0.391 e. The number of rotatable bonds is 2. The maximum Gasteiger partial charge on any atom is 0.0774 e. The van der Waals surface area contributed by atoms with Crippen LogP contribution in [-0.2, 0) is 6.61 Å². The van der Waals surface area contributed by atoms with E-state index in [1.165, 1.54) is 20.5 Å². The minimum atomic E-state index is 0.145. The highest BCUT2D eigenvalue weighted by Gasteiger charge is 2.06. The number of aliphatic hydroxyl groups is 1. The van der Waals surface area contributed by atoms with E-state index in [0.717, 1.165) is 4.88 Å². The first-order valence-corrected chi connectivity index (χ1v) is 6.46. The SMILES string of the molecule is CSc1cc(C)cc2sc(CO)cc12. The largest absolute Gasteiger partial charge is 0.391 e. The molecule has 1 nitrogen and oxygen atoms in total. The van der Waals surface area contributed by atoms with Crippen molar-refractivity contribution < 1.29 is 5.11 Å². The molecular weight excluding hydrogens is 212 g/mol. The highest BCUT2D eigenvalue weighted by molar-refractivity contribution is 7.98. The van der Waals surface area contributed by atoms with Gasteiger partial charge in [0.1, 0.15) is 0 Å². The molecule has 0 spiro atoms. The topological polar surface area (TPSA) is 20.2 Å². The quantitative estimate of drug-likeness (QED) is 0.789. The molecule has 1 heterocycles. The first kappa shape index (κ1) is 10.0. The second-order valence-corrected chi connectivity index (χ2v) is 5.27. The summed E-state index contributed by atoms with van der Waals surface area (Å²) in [5.74, 6) is 0. The molecular formula is C11H12OS2. The number of fused-ring (bicyclic) bond motifs is 1. The van der Waals surface area contributed by atoms with Gasteiger partial charge in [0.15, 0.2) is 0 Å². The summed E-state index contributed by atoms with van der Waals surface area (Å²) >= 11 is 3.44. The van der Waals surface area contributed by atoms with Crippen LogP contribution in [0.25, 0.3) is 10.1 Å². The molecule has 14 heavy (non-hydrogen) atoms. The first-order valence-electron chi connectivity index (χ1n) is 4.42. The maximum atomic E-state index is 9.08. The minimum absolute atomic E-state index is 0.145. The lowest BCUT2D eigenvalue weighted by atomic mass is 10.2. The van der Waals surface area contributed by atoms with Crippen molar-refractivity contribution in [3.8, 4) is 0 Å². The Kier molecular flexibility index (Phi) is 2.81. The third kappa shape index (κ3) is 1.67. The van der Waals surface area contributed by atoms with Gasteiger partial charge in [0.2, 0.25) is 0 Å². The highest BCUT2D eigenvalue weighted by atomic mass is 32.2. The number of thioether (sulfide) groups is 1. The zero-order valence-corrected chi connectivity index (χ0v) is 9.84. The van der Waals surface area contributed by atoms with Crippen LogP contribution in [0.15, 0.2) is 23.1 Å². The van der Waals surface area contributed by atoms with Crippen LogP contribution in [0.1, 0.15) is 10.4 Å². The van der Waals surface area contributed by atoms with Crippen molar-refractivity contribution in [2.24, 2.45) is 0 Å². The van der Waals surface area contributed by atoms with Gasteiger partial charge in [0, 0.05) is 19.9 Å². The molecule has 0 saturated carbocycles. The Balaban J connectivity index is 2.71. The van der Waals surface area contributed by atoms with E-state index < -0.39 is 0 Å². The average Bonchev–Trinajstić information content (AvgIpc) is 2.59. The van der Waals surface area contributed by atoms with E-state index in [9.17, 15) is 0 Å². The summed E-state index contributed by atoms with van der Waals surface area (Å²) in [5.41, 5.74) is 1.29. The van der Waals surface area contributed by atoms with E-state index in [0.29, 0.717) is 0 Å². The molecule has 74 valence electrons. The van der Waals surface area contributed by atoms with E-state index in [2.05, 4.69) is 31.4 Å². The predicted molar refractivity (Wildman–Crippen MR) is 64.3 cm³/mol. The number of aliphatic hydroxyl groups excluding tert-OH is 1. The molecule has 3 heteroatoms. The zero-order valence-electron chi connectivity index (χ0n) is 8.20. The van der Waals surface area contributed by atoms with Gasteiger partial charge < -0.3 is 5.11 Å². The van der Waals surface area contributed by atoms with Crippen LogP contribution >= 0.6 is 23.1 Å². The molecule has 0 radical (unpaired) electrons. The van der Waals surface area contributed by atoms with Crippen molar-refractivity contribution in [3.63, 3.8) is 0 Å². The van der Waals surface area contributed by atoms with Crippen molar-refractivity contribution in [2.45, 2.75) is 18.4 Å². The molecule has 0 amide bonds. The van der Waals surface area contributed by atoms with Crippen LogP contribution in [0.3, 0.4) is 0 Å². The predicted octanol–water partition coefficient (Wildman–Crippen LogP) is 3.42. The van der Waals surface area contributed by atoms with Crippen LogP contribution in [0, 0.1) is 6.92 Å². The monoisotopic (exact) mass is 224 g/mol. The third-order valence-corrected chi connectivity index (χ3v) is 4.01. The molecule has 2 aromatic rings. The van der Waals surface area contributed by atoms with Gasteiger partial charge in [0.05, 0.1) is 6.61 Å². The van der Waals surface area contributed by atoms with E-state index >= 15 is 0 Å². The fourth-order valence-corrected chi connectivity index (χ4v) is 3.34. The lowest BCUT2D eigenvalue weighted by molar-refractivity contribution is 0.285. The van der Waals surface area contributed by atoms with Crippen LogP contribution in [0.4, 0.5) is 0 Å². The smallest absolute Gasteiger partial charge is 0.0774 e. The Hall–Kier alpha value is -0.510. The van der Waals surface area contributed by atoms with Gasteiger partial charge >= 0.3 is 0 Å². The number of aryl methyl sites for hydroxylation is 1.